The maximum atomic E-state index is 10.9. The van der Waals surface area contributed by atoms with Gasteiger partial charge >= 0.3 is 0 Å². The zero-order chi connectivity index (χ0) is 22.8. The van der Waals surface area contributed by atoms with E-state index in [9.17, 15) is 10.1 Å². The van der Waals surface area contributed by atoms with Crippen LogP contribution in [0.1, 0.15) is 36.1 Å². The highest BCUT2D eigenvalue weighted by Crippen LogP contribution is 2.17. The van der Waals surface area contributed by atoms with Crippen LogP contribution in [-0.2, 0) is 11.3 Å². The van der Waals surface area contributed by atoms with Gasteiger partial charge in [-0.15, -0.1) is 0 Å². The van der Waals surface area contributed by atoms with E-state index in [1.165, 1.54) is 23.3 Å². The maximum Gasteiger partial charge on any atom is 0.269 e. The summed E-state index contributed by atoms with van der Waals surface area (Å²) in [6, 6.07) is 15.0. The van der Waals surface area contributed by atoms with E-state index in [4.69, 9.17) is 9.73 Å². The molecule has 1 aliphatic heterocycles. The number of rotatable bonds is 9. The highest BCUT2D eigenvalue weighted by molar-refractivity contribution is 5.80. The Bertz CT molecular complexity index is 895. The Morgan fingerprint density at radius 2 is 1.91 bits per heavy atom. The minimum Gasteiger partial charge on any atom is -0.379 e. The number of guanidine groups is 1. The number of hydrogen-bond acceptors (Lipinski definition) is 5. The highest BCUT2D eigenvalue weighted by atomic mass is 16.6. The number of ether oxygens (including phenoxy) is 1. The molecule has 0 spiro atoms. The molecule has 3 rings (SSSR count). The average Bonchev–Trinajstić information content (AvgIpc) is 2.81. The van der Waals surface area contributed by atoms with Crippen molar-refractivity contribution in [1.82, 2.24) is 15.5 Å². The number of morpholine rings is 1. The van der Waals surface area contributed by atoms with E-state index in [1.54, 1.807) is 12.1 Å². The highest BCUT2D eigenvalue weighted by Gasteiger charge is 2.12. The van der Waals surface area contributed by atoms with E-state index >= 15 is 0 Å². The van der Waals surface area contributed by atoms with Crippen molar-refractivity contribution in [3.05, 3.63) is 75.3 Å². The molecule has 0 bridgehead atoms. The molecule has 1 saturated heterocycles. The predicted molar refractivity (Wildman–Crippen MR) is 127 cm³/mol. The van der Waals surface area contributed by atoms with Gasteiger partial charge in [0.05, 0.1) is 30.7 Å². The second-order valence-corrected chi connectivity index (χ2v) is 8.05. The Labute approximate surface area is 189 Å². The fraction of sp³-hybridized carbons (Fsp3) is 0.458. The van der Waals surface area contributed by atoms with Gasteiger partial charge in [-0.3, -0.25) is 15.0 Å². The summed E-state index contributed by atoms with van der Waals surface area (Å²) >= 11 is 0. The van der Waals surface area contributed by atoms with E-state index in [-0.39, 0.29) is 16.7 Å². The largest absolute Gasteiger partial charge is 0.379 e. The molecule has 0 aliphatic carbocycles. The van der Waals surface area contributed by atoms with Gasteiger partial charge in [0.1, 0.15) is 0 Å². The lowest BCUT2D eigenvalue weighted by molar-refractivity contribution is -0.384. The second kappa shape index (κ2) is 12.2. The van der Waals surface area contributed by atoms with Crippen LogP contribution in [0.25, 0.3) is 0 Å². The molecule has 2 N–H and O–H groups in total. The molecule has 1 unspecified atom stereocenters. The topological polar surface area (TPSA) is 92.0 Å². The quantitative estimate of drug-likeness (QED) is 0.205. The van der Waals surface area contributed by atoms with Crippen LogP contribution >= 0.6 is 0 Å². The molecule has 1 aliphatic rings. The minimum absolute atomic E-state index is 0.0884. The van der Waals surface area contributed by atoms with Crippen molar-refractivity contribution < 1.29 is 9.66 Å². The number of aliphatic imine (C=N–C) groups is 1. The summed E-state index contributed by atoms with van der Waals surface area (Å²) in [4.78, 5) is 17.6. The van der Waals surface area contributed by atoms with Crippen LogP contribution in [0.2, 0.25) is 0 Å². The number of nitrogens with zero attached hydrogens (tertiary/aromatic N) is 3. The monoisotopic (exact) mass is 439 g/mol. The van der Waals surface area contributed by atoms with Crippen LogP contribution in [0.15, 0.2) is 53.5 Å². The molecular weight excluding hydrogens is 406 g/mol. The number of aryl methyl sites for hydroxylation is 1. The lowest BCUT2D eigenvalue weighted by Gasteiger charge is -2.26. The molecule has 0 saturated carbocycles. The van der Waals surface area contributed by atoms with Crippen LogP contribution in [0.4, 0.5) is 5.69 Å². The van der Waals surface area contributed by atoms with Crippen LogP contribution in [0.5, 0.6) is 0 Å². The van der Waals surface area contributed by atoms with Crippen LogP contribution in [0.3, 0.4) is 0 Å². The predicted octanol–water partition coefficient (Wildman–Crippen LogP) is 3.42. The van der Waals surface area contributed by atoms with Gasteiger partial charge in [-0.25, -0.2) is 4.99 Å². The Morgan fingerprint density at radius 3 is 2.59 bits per heavy atom. The zero-order valence-electron chi connectivity index (χ0n) is 18.9. The number of hydrogen-bond donors (Lipinski definition) is 2. The molecule has 2 aromatic carbocycles. The molecule has 0 amide bonds. The second-order valence-electron chi connectivity index (χ2n) is 8.05. The van der Waals surface area contributed by atoms with Crippen molar-refractivity contribution in [3.8, 4) is 0 Å². The van der Waals surface area contributed by atoms with Gasteiger partial charge in [0, 0.05) is 31.8 Å². The van der Waals surface area contributed by atoms with Crippen LogP contribution in [-0.4, -0.2) is 55.2 Å². The average molecular weight is 440 g/mol. The molecule has 2 aromatic rings. The van der Waals surface area contributed by atoms with Gasteiger partial charge < -0.3 is 15.4 Å². The summed E-state index contributed by atoms with van der Waals surface area (Å²) in [6.07, 6.45) is 1.01. The summed E-state index contributed by atoms with van der Waals surface area (Å²) in [5.74, 6) is 0.737. The summed E-state index contributed by atoms with van der Waals surface area (Å²) in [6.45, 7) is 10.1. The Kier molecular flexibility index (Phi) is 9.01. The zero-order valence-corrected chi connectivity index (χ0v) is 18.9. The first kappa shape index (κ1) is 23.7. The van der Waals surface area contributed by atoms with E-state index in [1.807, 2.05) is 12.1 Å². The molecule has 0 radical (unpaired) electrons. The SMILES string of the molecule is Cc1ccccc1C(C)NC(=NCc1ccc([N+](=O)[O-])cc1)NCCCN1CCOCC1. The summed E-state index contributed by atoms with van der Waals surface area (Å²) in [7, 11) is 0. The third-order valence-electron chi connectivity index (χ3n) is 5.62. The third-order valence-corrected chi connectivity index (χ3v) is 5.62. The number of nitro benzene ring substituents is 1. The van der Waals surface area contributed by atoms with Gasteiger partial charge in [0.25, 0.3) is 5.69 Å². The molecule has 0 aromatic heterocycles. The van der Waals surface area contributed by atoms with E-state index in [0.29, 0.717) is 6.54 Å². The third kappa shape index (κ3) is 7.32. The van der Waals surface area contributed by atoms with Crippen molar-refractivity contribution in [2.75, 3.05) is 39.4 Å². The number of nitro groups is 1. The molecule has 8 nitrogen and oxygen atoms in total. The van der Waals surface area contributed by atoms with Gasteiger partial charge in [-0.1, -0.05) is 36.4 Å². The van der Waals surface area contributed by atoms with Crippen LogP contribution in [0, 0.1) is 17.0 Å². The van der Waals surface area contributed by atoms with Gasteiger partial charge in [0.2, 0.25) is 0 Å². The van der Waals surface area contributed by atoms with Crippen molar-refractivity contribution in [3.63, 3.8) is 0 Å². The summed E-state index contributed by atoms with van der Waals surface area (Å²) < 4.78 is 5.41. The normalized spacial score (nSPS) is 15.9. The van der Waals surface area contributed by atoms with Gasteiger partial charge in [-0.05, 0) is 43.5 Å². The van der Waals surface area contributed by atoms with E-state index < -0.39 is 0 Å². The standard InChI is InChI=1S/C24H33N5O3/c1-19-6-3-4-7-23(19)20(2)27-24(25-12-5-13-28-14-16-32-17-15-28)26-18-21-8-10-22(11-9-21)29(30)31/h3-4,6-11,20H,5,12-18H2,1-2H3,(H2,25,26,27). The smallest absolute Gasteiger partial charge is 0.269 e. The molecular formula is C24H33N5O3. The molecule has 172 valence electrons. The van der Waals surface area contributed by atoms with Crippen molar-refractivity contribution >= 4 is 11.6 Å². The van der Waals surface area contributed by atoms with Crippen molar-refractivity contribution in [1.29, 1.82) is 0 Å². The van der Waals surface area contributed by atoms with Crippen molar-refractivity contribution in [2.45, 2.75) is 32.9 Å². The summed E-state index contributed by atoms with van der Waals surface area (Å²) in [5, 5.41) is 17.8. The fourth-order valence-corrected chi connectivity index (χ4v) is 3.74. The van der Waals surface area contributed by atoms with E-state index in [0.717, 1.165) is 57.3 Å². The number of non-ortho nitro benzene ring substituents is 1. The molecule has 1 fully saturated rings. The molecule has 1 atom stereocenters. The van der Waals surface area contributed by atoms with Gasteiger partial charge in [-0.2, -0.15) is 0 Å². The first-order valence-corrected chi connectivity index (χ1v) is 11.2. The summed E-state index contributed by atoms with van der Waals surface area (Å²) in [5.41, 5.74) is 3.47. The van der Waals surface area contributed by atoms with Crippen molar-refractivity contribution in [2.24, 2.45) is 4.99 Å². The minimum atomic E-state index is -0.389. The lowest BCUT2D eigenvalue weighted by Crippen LogP contribution is -2.41. The fourth-order valence-electron chi connectivity index (χ4n) is 3.74. The molecule has 32 heavy (non-hydrogen) atoms. The number of benzene rings is 2. The first-order valence-electron chi connectivity index (χ1n) is 11.2. The first-order chi connectivity index (χ1) is 15.5. The lowest BCUT2D eigenvalue weighted by atomic mass is 10.0. The van der Waals surface area contributed by atoms with Gasteiger partial charge in [0.15, 0.2) is 5.96 Å². The Morgan fingerprint density at radius 1 is 1.19 bits per heavy atom. The van der Waals surface area contributed by atoms with E-state index in [2.05, 4.69) is 41.5 Å². The Hall–Kier alpha value is -2.97. The number of nitrogens with one attached hydrogen (secondary N) is 2. The van der Waals surface area contributed by atoms with Crippen LogP contribution < -0.4 is 10.6 Å². The molecule has 1 heterocycles. The Balaban J connectivity index is 1.61. The maximum absolute atomic E-state index is 10.9. The molecule has 8 heteroatoms.